The molecule has 86 valence electrons. The van der Waals surface area contributed by atoms with E-state index in [1.165, 1.54) is 18.1 Å². The standard InChI is InChI=1S/C14H18FN/c1-10-7-13(15)6-5-12(10)8-11-3-2-4-14(16)9-11/h5-8,14H,2-4,9,16H2,1H3/b11-8-. The summed E-state index contributed by atoms with van der Waals surface area (Å²) < 4.78 is 12.9. The number of hydrogen-bond acceptors (Lipinski definition) is 1. The van der Waals surface area contributed by atoms with Crippen molar-refractivity contribution in [1.82, 2.24) is 0 Å². The van der Waals surface area contributed by atoms with Gasteiger partial charge in [0.2, 0.25) is 0 Å². The van der Waals surface area contributed by atoms with Crippen LogP contribution in [0.5, 0.6) is 0 Å². The highest BCUT2D eigenvalue weighted by molar-refractivity contribution is 5.56. The van der Waals surface area contributed by atoms with Crippen molar-refractivity contribution in [2.24, 2.45) is 5.73 Å². The molecule has 16 heavy (non-hydrogen) atoms. The second kappa shape index (κ2) is 4.79. The second-order valence-corrected chi connectivity index (χ2v) is 4.66. The molecule has 0 amide bonds. The van der Waals surface area contributed by atoms with Gasteiger partial charge in [-0.1, -0.05) is 17.7 Å². The third-order valence-electron chi connectivity index (χ3n) is 3.19. The van der Waals surface area contributed by atoms with Gasteiger partial charge in [0.25, 0.3) is 0 Å². The van der Waals surface area contributed by atoms with Gasteiger partial charge in [-0.2, -0.15) is 0 Å². The molecule has 1 saturated carbocycles. The number of aryl methyl sites for hydroxylation is 1. The van der Waals surface area contributed by atoms with Gasteiger partial charge in [-0.3, -0.25) is 0 Å². The van der Waals surface area contributed by atoms with E-state index < -0.39 is 0 Å². The predicted molar refractivity (Wildman–Crippen MR) is 65.6 cm³/mol. The van der Waals surface area contributed by atoms with E-state index in [1.54, 1.807) is 6.07 Å². The number of benzene rings is 1. The molecule has 1 nitrogen and oxygen atoms in total. The molecule has 0 aromatic heterocycles. The molecule has 0 spiro atoms. The maximum Gasteiger partial charge on any atom is 0.123 e. The predicted octanol–water partition coefficient (Wildman–Crippen LogP) is 3.42. The Morgan fingerprint density at radius 1 is 1.44 bits per heavy atom. The lowest BCUT2D eigenvalue weighted by molar-refractivity contribution is 0.520. The number of rotatable bonds is 1. The highest BCUT2D eigenvalue weighted by Gasteiger charge is 2.13. The molecule has 1 unspecified atom stereocenters. The minimum absolute atomic E-state index is 0.167. The van der Waals surface area contributed by atoms with Crippen molar-refractivity contribution in [2.45, 2.75) is 38.6 Å². The zero-order valence-electron chi connectivity index (χ0n) is 9.67. The average Bonchev–Trinajstić information content (AvgIpc) is 2.22. The maximum atomic E-state index is 12.9. The monoisotopic (exact) mass is 219 g/mol. The van der Waals surface area contributed by atoms with Crippen LogP contribution in [0.2, 0.25) is 0 Å². The molecule has 1 atom stereocenters. The fraction of sp³-hybridized carbons (Fsp3) is 0.429. The molecule has 0 saturated heterocycles. The average molecular weight is 219 g/mol. The summed E-state index contributed by atoms with van der Waals surface area (Å²) in [7, 11) is 0. The van der Waals surface area contributed by atoms with E-state index in [9.17, 15) is 4.39 Å². The van der Waals surface area contributed by atoms with Crippen molar-refractivity contribution in [2.75, 3.05) is 0 Å². The fourth-order valence-corrected chi connectivity index (χ4v) is 2.28. The zero-order chi connectivity index (χ0) is 11.5. The van der Waals surface area contributed by atoms with Crippen LogP contribution in [0.15, 0.2) is 23.8 Å². The Labute approximate surface area is 96.2 Å². The first-order valence-electron chi connectivity index (χ1n) is 5.86. The first kappa shape index (κ1) is 11.3. The van der Waals surface area contributed by atoms with Gasteiger partial charge in [-0.15, -0.1) is 0 Å². The highest BCUT2D eigenvalue weighted by atomic mass is 19.1. The molecule has 1 aliphatic rings. The van der Waals surface area contributed by atoms with Crippen LogP contribution < -0.4 is 5.73 Å². The first-order chi connectivity index (χ1) is 7.65. The topological polar surface area (TPSA) is 26.0 Å². The molecule has 1 fully saturated rings. The largest absolute Gasteiger partial charge is 0.327 e. The van der Waals surface area contributed by atoms with Crippen LogP contribution in [-0.4, -0.2) is 6.04 Å². The lowest BCUT2D eigenvalue weighted by atomic mass is 9.89. The van der Waals surface area contributed by atoms with E-state index in [4.69, 9.17) is 5.73 Å². The summed E-state index contributed by atoms with van der Waals surface area (Å²) in [6, 6.07) is 5.25. The van der Waals surface area contributed by atoms with Crippen molar-refractivity contribution in [3.63, 3.8) is 0 Å². The fourth-order valence-electron chi connectivity index (χ4n) is 2.28. The van der Waals surface area contributed by atoms with E-state index in [-0.39, 0.29) is 5.82 Å². The molecule has 0 heterocycles. The molecule has 0 radical (unpaired) electrons. The van der Waals surface area contributed by atoms with Crippen LogP contribution in [-0.2, 0) is 0 Å². The van der Waals surface area contributed by atoms with Crippen LogP contribution >= 0.6 is 0 Å². The van der Waals surface area contributed by atoms with Gasteiger partial charge >= 0.3 is 0 Å². The molecular weight excluding hydrogens is 201 g/mol. The molecule has 1 aromatic rings. The SMILES string of the molecule is Cc1cc(F)ccc1/C=C1/CCCC(N)C1. The van der Waals surface area contributed by atoms with E-state index in [0.717, 1.165) is 30.4 Å². The molecule has 1 aromatic carbocycles. The lowest BCUT2D eigenvalue weighted by Gasteiger charge is -2.20. The van der Waals surface area contributed by atoms with Gasteiger partial charge < -0.3 is 5.73 Å². The van der Waals surface area contributed by atoms with Crippen molar-refractivity contribution in [3.05, 3.63) is 40.7 Å². The summed E-state index contributed by atoms with van der Waals surface area (Å²) in [6.07, 6.45) is 6.59. The Morgan fingerprint density at radius 3 is 2.94 bits per heavy atom. The number of hydrogen-bond donors (Lipinski definition) is 1. The van der Waals surface area contributed by atoms with Crippen LogP contribution in [0.25, 0.3) is 6.08 Å². The molecule has 2 heteroatoms. The summed E-state index contributed by atoms with van der Waals surface area (Å²) in [5.41, 5.74) is 9.45. The summed E-state index contributed by atoms with van der Waals surface area (Å²) in [4.78, 5) is 0. The third kappa shape index (κ3) is 2.70. The molecule has 0 aliphatic heterocycles. The number of halogens is 1. The van der Waals surface area contributed by atoms with Gasteiger partial charge in [0.15, 0.2) is 0 Å². The highest BCUT2D eigenvalue weighted by Crippen LogP contribution is 2.25. The van der Waals surface area contributed by atoms with Crippen LogP contribution in [0.3, 0.4) is 0 Å². The van der Waals surface area contributed by atoms with Crippen molar-refractivity contribution >= 4 is 6.08 Å². The lowest BCUT2D eigenvalue weighted by Crippen LogP contribution is -2.23. The van der Waals surface area contributed by atoms with Crippen molar-refractivity contribution in [1.29, 1.82) is 0 Å². The van der Waals surface area contributed by atoms with Gasteiger partial charge in [0, 0.05) is 6.04 Å². The molecule has 2 rings (SSSR count). The van der Waals surface area contributed by atoms with Gasteiger partial charge in [-0.25, -0.2) is 4.39 Å². The maximum absolute atomic E-state index is 12.9. The Kier molecular flexibility index (Phi) is 3.39. The number of nitrogens with two attached hydrogens (primary N) is 1. The van der Waals surface area contributed by atoms with Crippen LogP contribution in [0, 0.1) is 12.7 Å². The summed E-state index contributed by atoms with van der Waals surface area (Å²) in [6.45, 7) is 1.94. The van der Waals surface area contributed by atoms with E-state index in [0.29, 0.717) is 6.04 Å². The van der Waals surface area contributed by atoms with Crippen molar-refractivity contribution < 1.29 is 4.39 Å². The summed E-state index contributed by atoms with van der Waals surface area (Å²) in [5.74, 6) is -0.167. The minimum Gasteiger partial charge on any atom is -0.327 e. The summed E-state index contributed by atoms with van der Waals surface area (Å²) >= 11 is 0. The van der Waals surface area contributed by atoms with E-state index >= 15 is 0 Å². The molecule has 2 N–H and O–H groups in total. The molecule has 1 aliphatic carbocycles. The molecule has 0 bridgehead atoms. The van der Waals surface area contributed by atoms with Crippen LogP contribution in [0.1, 0.15) is 36.8 Å². The Balaban J connectivity index is 2.21. The zero-order valence-corrected chi connectivity index (χ0v) is 9.67. The molecular formula is C14H18FN. The third-order valence-corrected chi connectivity index (χ3v) is 3.19. The second-order valence-electron chi connectivity index (χ2n) is 4.66. The van der Waals surface area contributed by atoms with Gasteiger partial charge in [0.1, 0.15) is 5.82 Å². The van der Waals surface area contributed by atoms with Crippen LogP contribution in [0.4, 0.5) is 4.39 Å². The van der Waals surface area contributed by atoms with Gasteiger partial charge in [-0.05, 0) is 55.9 Å². The summed E-state index contributed by atoms with van der Waals surface area (Å²) in [5, 5.41) is 0. The van der Waals surface area contributed by atoms with Gasteiger partial charge in [0.05, 0.1) is 0 Å². The Hall–Kier alpha value is -1.15. The smallest absolute Gasteiger partial charge is 0.123 e. The Bertz CT molecular complexity index is 409. The quantitative estimate of drug-likeness (QED) is 0.769. The van der Waals surface area contributed by atoms with Crippen molar-refractivity contribution in [3.8, 4) is 0 Å². The minimum atomic E-state index is -0.167. The Morgan fingerprint density at radius 2 is 2.25 bits per heavy atom. The van der Waals surface area contributed by atoms with E-state index in [1.807, 2.05) is 13.0 Å². The van der Waals surface area contributed by atoms with E-state index in [2.05, 4.69) is 6.08 Å². The first-order valence-corrected chi connectivity index (χ1v) is 5.86. The normalized spacial score (nSPS) is 23.7.